The molecule has 4 rings (SSSR count). The van der Waals surface area contributed by atoms with E-state index in [0.29, 0.717) is 30.1 Å². The lowest BCUT2D eigenvalue weighted by Crippen LogP contribution is -2.08. The van der Waals surface area contributed by atoms with Crippen molar-refractivity contribution in [3.63, 3.8) is 0 Å². The fraction of sp³-hybridized carbons (Fsp3) is 0.235. The summed E-state index contributed by atoms with van der Waals surface area (Å²) in [6, 6.07) is 9.98. The number of aliphatic hydroxyl groups excluding tert-OH is 1. The number of hydrogen-bond donors (Lipinski definition) is 1. The van der Waals surface area contributed by atoms with Crippen LogP contribution in [-0.4, -0.2) is 30.7 Å². The Labute approximate surface area is 133 Å². The molecule has 2 atom stereocenters. The van der Waals surface area contributed by atoms with Gasteiger partial charge < -0.3 is 14.4 Å². The molecule has 1 N–H and O–H groups in total. The van der Waals surface area contributed by atoms with Crippen LogP contribution in [0.4, 0.5) is 0 Å². The number of hydrogen-bond acceptors (Lipinski definition) is 5. The van der Waals surface area contributed by atoms with Gasteiger partial charge >= 0.3 is 0 Å². The molecular weight excluding hydrogens is 292 g/mol. The molecule has 1 aliphatic rings. The monoisotopic (exact) mass is 308 g/mol. The second kappa shape index (κ2) is 5.81. The number of nitrogens with zero attached hydrogens (tertiary/aromatic N) is 4. The first-order valence-electron chi connectivity index (χ1n) is 7.52. The van der Waals surface area contributed by atoms with Crippen LogP contribution in [0.15, 0.2) is 55.1 Å². The molecule has 116 valence electrons. The molecule has 6 heteroatoms. The molecule has 0 fully saturated rings. The fourth-order valence-corrected chi connectivity index (χ4v) is 2.77. The van der Waals surface area contributed by atoms with E-state index in [0.717, 1.165) is 5.56 Å². The van der Waals surface area contributed by atoms with Crippen molar-refractivity contribution < 1.29 is 9.84 Å². The number of fused-ring (bicyclic) bond motifs is 1. The van der Waals surface area contributed by atoms with E-state index in [4.69, 9.17) is 4.74 Å². The first-order valence-corrected chi connectivity index (χ1v) is 7.52. The molecule has 0 unspecified atom stereocenters. The van der Waals surface area contributed by atoms with E-state index in [1.807, 2.05) is 41.0 Å². The zero-order valence-electron chi connectivity index (χ0n) is 12.4. The van der Waals surface area contributed by atoms with Gasteiger partial charge in [-0.2, -0.15) is 4.98 Å². The van der Waals surface area contributed by atoms with Gasteiger partial charge in [-0.3, -0.25) is 0 Å². The third-order valence-corrected chi connectivity index (χ3v) is 3.94. The lowest BCUT2D eigenvalue weighted by Gasteiger charge is -2.11. The predicted molar refractivity (Wildman–Crippen MR) is 84.9 cm³/mol. The van der Waals surface area contributed by atoms with Gasteiger partial charge in [-0.25, -0.2) is 9.97 Å². The number of benzene rings is 1. The maximum absolute atomic E-state index is 9.66. The van der Waals surface area contributed by atoms with Crippen molar-refractivity contribution in [2.45, 2.75) is 25.2 Å². The highest BCUT2D eigenvalue weighted by atomic mass is 16.5. The number of aliphatic hydroxyl groups is 1. The number of allylic oxidation sites excluding steroid dienone is 1. The van der Waals surface area contributed by atoms with Crippen LogP contribution in [-0.2, 0) is 6.61 Å². The summed E-state index contributed by atoms with van der Waals surface area (Å²) in [5.74, 6) is 0.472. The van der Waals surface area contributed by atoms with Crippen LogP contribution in [0, 0.1) is 0 Å². The van der Waals surface area contributed by atoms with Crippen LogP contribution in [0.3, 0.4) is 0 Å². The van der Waals surface area contributed by atoms with Crippen molar-refractivity contribution in [3.05, 3.63) is 60.7 Å². The quantitative estimate of drug-likeness (QED) is 0.749. The fourth-order valence-electron chi connectivity index (χ4n) is 2.77. The van der Waals surface area contributed by atoms with Crippen LogP contribution < -0.4 is 4.74 Å². The molecule has 0 saturated carbocycles. The van der Waals surface area contributed by atoms with Gasteiger partial charge in [-0.15, -0.1) is 0 Å². The summed E-state index contributed by atoms with van der Waals surface area (Å²) in [5.41, 5.74) is 2.42. The Hall–Kier alpha value is -2.73. The average Bonchev–Trinajstić information content (AvgIpc) is 3.20. The first kappa shape index (κ1) is 13.9. The number of aromatic nitrogens is 4. The number of ether oxygens (including phenoxy) is 1. The molecule has 2 aromatic heterocycles. The van der Waals surface area contributed by atoms with Crippen molar-refractivity contribution in [2.24, 2.45) is 0 Å². The van der Waals surface area contributed by atoms with Gasteiger partial charge in [0, 0.05) is 6.42 Å². The molecule has 0 bridgehead atoms. The molecule has 0 radical (unpaired) electrons. The molecule has 0 aliphatic heterocycles. The second-order valence-electron chi connectivity index (χ2n) is 5.53. The summed E-state index contributed by atoms with van der Waals surface area (Å²) in [4.78, 5) is 12.9. The molecule has 1 aromatic carbocycles. The molecule has 0 amide bonds. The Balaban J connectivity index is 1.61. The molecule has 6 nitrogen and oxygen atoms in total. The normalized spacial score (nSPS) is 20.2. The Morgan fingerprint density at radius 2 is 2.00 bits per heavy atom. The largest absolute Gasteiger partial charge is 0.471 e. The lowest BCUT2D eigenvalue weighted by atomic mass is 10.2. The van der Waals surface area contributed by atoms with E-state index < -0.39 is 6.10 Å². The topological polar surface area (TPSA) is 73.1 Å². The number of imidazole rings is 1. The maximum atomic E-state index is 9.66. The van der Waals surface area contributed by atoms with Gasteiger partial charge in [0.15, 0.2) is 11.2 Å². The van der Waals surface area contributed by atoms with E-state index in [-0.39, 0.29) is 6.04 Å². The predicted octanol–water partition coefficient (Wildman–Crippen LogP) is 2.27. The third kappa shape index (κ3) is 2.68. The lowest BCUT2D eigenvalue weighted by molar-refractivity contribution is 0.211. The van der Waals surface area contributed by atoms with E-state index in [1.165, 1.54) is 6.33 Å². The van der Waals surface area contributed by atoms with E-state index in [9.17, 15) is 5.11 Å². The summed E-state index contributed by atoms with van der Waals surface area (Å²) >= 11 is 0. The number of rotatable bonds is 4. The Morgan fingerprint density at radius 3 is 2.78 bits per heavy atom. The molecule has 23 heavy (non-hydrogen) atoms. The minimum Gasteiger partial charge on any atom is -0.471 e. The summed E-state index contributed by atoms with van der Waals surface area (Å²) in [6.07, 6.45) is 7.20. The zero-order valence-corrected chi connectivity index (χ0v) is 12.4. The minimum absolute atomic E-state index is 0.0619. The van der Waals surface area contributed by atoms with Crippen molar-refractivity contribution >= 4 is 11.2 Å². The van der Waals surface area contributed by atoms with E-state index >= 15 is 0 Å². The standard InChI is InChI=1S/C17H16N4O2/c22-14-7-6-13(8-14)21-11-20-15-16(21)18-10-19-17(15)23-9-12-4-2-1-3-5-12/h1-7,10-11,13-14,22H,8-9H2/t13-,14+/m0/s1. The molecule has 2 heterocycles. The smallest absolute Gasteiger partial charge is 0.245 e. The van der Waals surface area contributed by atoms with Crippen molar-refractivity contribution in [2.75, 3.05) is 0 Å². The first-order chi connectivity index (χ1) is 11.3. The molecule has 1 aliphatic carbocycles. The third-order valence-electron chi connectivity index (χ3n) is 3.94. The van der Waals surface area contributed by atoms with Crippen LogP contribution in [0.5, 0.6) is 5.88 Å². The van der Waals surface area contributed by atoms with E-state index in [2.05, 4.69) is 15.0 Å². The summed E-state index contributed by atoms with van der Waals surface area (Å²) < 4.78 is 7.75. The summed E-state index contributed by atoms with van der Waals surface area (Å²) in [6.45, 7) is 0.432. The summed E-state index contributed by atoms with van der Waals surface area (Å²) in [5, 5.41) is 9.66. The Morgan fingerprint density at radius 1 is 1.13 bits per heavy atom. The van der Waals surface area contributed by atoms with E-state index in [1.54, 1.807) is 12.4 Å². The minimum atomic E-state index is -0.409. The zero-order chi connectivity index (χ0) is 15.6. The van der Waals surface area contributed by atoms with Gasteiger partial charge in [0.1, 0.15) is 12.9 Å². The molecule has 0 spiro atoms. The highest BCUT2D eigenvalue weighted by Gasteiger charge is 2.21. The summed E-state index contributed by atoms with van der Waals surface area (Å²) in [7, 11) is 0. The highest BCUT2D eigenvalue weighted by molar-refractivity contribution is 5.76. The van der Waals surface area contributed by atoms with Crippen molar-refractivity contribution in [3.8, 4) is 5.88 Å². The second-order valence-corrected chi connectivity index (χ2v) is 5.53. The van der Waals surface area contributed by atoms with Crippen molar-refractivity contribution in [1.82, 2.24) is 19.5 Å². The van der Waals surface area contributed by atoms with Crippen LogP contribution in [0.25, 0.3) is 11.2 Å². The Bertz CT molecular complexity index is 844. The highest BCUT2D eigenvalue weighted by Crippen LogP contribution is 2.28. The van der Waals surface area contributed by atoms with Crippen LogP contribution in [0.1, 0.15) is 18.0 Å². The van der Waals surface area contributed by atoms with Crippen LogP contribution >= 0.6 is 0 Å². The van der Waals surface area contributed by atoms with Gasteiger partial charge in [0.25, 0.3) is 0 Å². The maximum Gasteiger partial charge on any atom is 0.245 e. The van der Waals surface area contributed by atoms with Gasteiger partial charge in [-0.1, -0.05) is 42.5 Å². The van der Waals surface area contributed by atoms with Crippen molar-refractivity contribution in [1.29, 1.82) is 0 Å². The van der Waals surface area contributed by atoms with Crippen LogP contribution in [0.2, 0.25) is 0 Å². The van der Waals surface area contributed by atoms with Gasteiger partial charge in [0.05, 0.1) is 18.5 Å². The Kier molecular flexibility index (Phi) is 3.51. The van der Waals surface area contributed by atoms with Gasteiger partial charge in [0.2, 0.25) is 5.88 Å². The average molecular weight is 308 g/mol. The molecule has 3 aromatic rings. The van der Waals surface area contributed by atoms with Gasteiger partial charge in [-0.05, 0) is 5.56 Å². The SMILES string of the molecule is O[C@@H]1C=C[C@H](n2cnc3c(OCc4ccccc4)ncnc32)C1. The molecule has 0 saturated heterocycles. The molecular formula is C17H16N4O2.